The quantitative estimate of drug-likeness (QED) is 0.873. The minimum atomic E-state index is 0.256. The molecule has 4 heteroatoms. The molecular formula is C12H18N2OS. The van der Waals surface area contributed by atoms with Crippen LogP contribution >= 0.6 is 11.3 Å². The molecule has 0 unspecified atom stereocenters. The van der Waals surface area contributed by atoms with Crippen LogP contribution in [0.3, 0.4) is 0 Å². The van der Waals surface area contributed by atoms with E-state index in [9.17, 15) is 4.79 Å². The lowest BCUT2D eigenvalue weighted by Crippen LogP contribution is -2.26. The predicted octanol–water partition coefficient (Wildman–Crippen LogP) is 2.02. The van der Waals surface area contributed by atoms with Crippen molar-refractivity contribution in [3.63, 3.8) is 0 Å². The number of Topliss-reactive ketones (excluding diaryl/α,β-unsaturated/α-hetero) is 1. The first-order valence-electron chi connectivity index (χ1n) is 5.90. The monoisotopic (exact) mass is 238 g/mol. The smallest absolute Gasteiger partial charge is 0.142 e. The van der Waals surface area contributed by atoms with Gasteiger partial charge in [0.1, 0.15) is 5.78 Å². The number of ketones is 1. The Hall–Kier alpha value is -0.740. The maximum Gasteiger partial charge on any atom is 0.142 e. The van der Waals surface area contributed by atoms with Crippen molar-refractivity contribution in [1.82, 2.24) is 4.98 Å². The maximum absolute atomic E-state index is 12.0. The molecule has 2 rings (SSSR count). The molecule has 1 aromatic rings. The number of thiazole rings is 1. The van der Waals surface area contributed by atoms with E-state index in [2.05, 4.69) is 4.98 Å². The van der Waals surface area contributed by atoms with Gasteiger partial charge in [-0.05, 0) is 38.1 Å². The summed E-state index contributed by atoms with van der Waals surface area (Å²) in [5, 5.41) is 2.87. The Labute approximate surface area is 100 Å². The summed E-state index contributed by atoms with van der Waals surface area (Å²) in [4.78, 5) is 16.2. The van der Waals surface area contributed by atoms with E-state index >= 15 is 0 Å². The fraction of sp³-hybridized carbons (Fsp3) is 0.667. The molecule has 16 heavy (non-hydrogen) atoms. The van der Waals surface area contributed by atoms with Crippen LogP contribution in [0.1, 0.15) is 30.7 Å². The van der Waals surface area contributed by atoms with Crippen molar-refractivity contribution in [3.05, 3.63) is 16.6 Å². The maximum atomic E-state index is 12.0. The van der Waals surface area contributed by atoms with E-state index in [4.69, 9.17) is 5.73 Å². The summed E-state index contributed by atoms with van der Waals surface area (Å²) in [6.45, 7) is 0.771. The molecule has 1 heterocycles. The van der Waals surface area contributed by atoms with E-state index in [-0.39, 0.29) is 5.92 Å². The Balaban J connectivity index is 1.82. The molecular weight excluding hydrogens is 220 g/mol. The van der Waals surface area contributed by atoms with E-state index < -0.39 is 0 Å². The predicted molar refractivity (Wildman–Crippen MR) is 65.3 cm³/mol. The highest BCUT2D eigenvalue weighted by Gasteiger charge is 2.25. The zero-order valence-corrected chi connectivity index (χ0v) is 10.2. The van der Waals surface area contributed by atoms with E-state index in [1.54, 1.807) is 17.5 Å². The summed E-state index contributed by atoms with van der Waals surface area (Å²) in [6.07, 6.45) is 6.56. The summed E-state index contributed by atoms with van der Waals surface area (Å²) in [5.41, 5.74) is 5.64. The number of carbonyl (C=O) groups is 1. The highest BCUT2D eigenvalue weighted by Crippen LogP contribution is 2.29. The van der Waals surface area contributed by atoms with Crippen molar-refractivity contribution in [2.45, 2.75) is 32.1 Å². The number of hydrogen-bond acceptors (Lipinski definition) is 4. The van der Waals surface area contributed by atoms with Gasteiger partial charge in [0, 0.05) is 17.5 Å². The van der Waals surface area contributed by atoms with Gasteiger partial charge in [0.15, 0.2) is 0 Å². The molecule has 2 N–H and O–H groups in total. The zero-order chi connectivity index (χ0) is 11.4. The van der Waals surface area contributed by atoms with Crippen LogP contribution < -0.4 is 5.73 Å². The lowest BCUT2D eigenvalue weighted by Gasteiger charge is -2.26. The third-order valence-electron chi connectivity index (χ3n) is 3.44. The Morgan fingerprint density at radius 3 is 2.75 bits per heavy atom. The third-order valence-corrected chi connectivity index (χ3v) is 4.22. The molecule has 1 aliphatic rings. The number of nitrogens with zero attached hydrogens (tertiary/aromatic N) is 1. The Bertz CT molecular complexity index is 329. The van der Waals surface area contributed by atoms with E-state index in [1.165, 1.54) is 0 Å². The number of hydrogen-bond donors (Lipinski definition) is 1. The van der Waals surface area contributed by atoms with Gasteiger partial charge in [-0.1, -0.05) is 0 Å². The second-order valence-corrected chi connectivity index (χ2v) is 5.50. The van der Waals surface area contributed by atoms with Gasteiger partial charge < -0.3 is 5.73 Å². The van der Waals surface area contributed by atoms with Gasteiger partial charge in [-0.2, -0.15) is 0 Å². The standard InChI is InChI=1S/C12H18N2OS/c13-8-9-1-3-10(4-2-9)11(15)7-12-14-5-6-16-12/h5-6,9-10H,1-4,7-8,13H2. The average molecular weight is 238 g/mol. The van der Waals surface area contributed by atoms with Crippen LogP contribution in [-0.2, 0) is 11.2 Å². The van der Waals surface area contributed by atoms with Crippen LogP contribution in [0.15, 0.2) is 11.6 Å². The highest BCUT2D eigenvalue weighted by atomic mass is 32.1. The zero-order valence-electron chi connectivity index (χ0n) is 9.39. The Kier molecular flexibility index (Phi) is 4.07. The van der Waals surface area contributed by atoms with E-state index in [0.29, 0.717) is 18.1 Å². The van der Waals surface area contributed by atoms with Gasteiger partial charge in [0.2, 0.25) is 0 Å². The lowest BCUT2D eigenvalue weighted by atomic mass is 9.79. The third kappa shape index (κ3) is 2.89. The van der Waals surface area contributed by atoms with Crippen LogP contribution in [0.25, 0.3) is 0 Å². The molecule has 1 saturated carbocycles. The van der Waals surface area contributed by atoms with Crippen LogP contribution in [0.4, 0.5) is 0 Å². The van der Waals surface area contributed by atoms with Gasteiger partial charge >= 0.3 is 0 Å². The van der Waals surface area contributed by atoms with Crippen LogP contribution in [0, 0.1) is 11.8 Å². The minimum absolute atomic E-state index is 0.256. The Morgan fingerprint density at radius 1 is 1.44 bits per heavy atom. The lowest BCUT2D eigenvalue weighted by molar-refractivity contribution is -0.123. The van der Waals surface area contributed by atoms with Crippen LogP contribution in [0.2, 0.25) is 0 Å². The number of carbonyl (C=O) groups excluding carboxylic acids is 1. The van der Waals surface area contributed by atoms with Gasteiger partial charge in [-0.3, -0.25) is 4.79 Å². The molecule has 0 saturated heterocycles. The largest absolute Gasteiger partial charge is 0.330 e. The molecule has 1 fully saturated rings. The van der Waals surface area contributed by atoms with E-state index in [1.807, 2.05) is 5.38 Å². The Morgan fingerprint density at radius 2 is 2.19 bits per heavy atom. The minimum Gasteiger partial charge on any atom is -0.330 e. The van der Waals surface area contributed by atoms with Crippen molar-refractivity contribution in [2.75, 3.05) is 6.54 Å². The van der Waals surface area contributed by atoms with E-state index in [0.717, 1.165) is 37.2 Å². The highest BCUT2D eigenvalue weighted by molar-refractivity contribution is 7.09. The summed E-state index contributed by atoms with van der Waals surface area (Å²) in [7, 11) is 0. The molecule has 0 amide bonds. The molecule has 0 bridgehead atoms. The first-order valence-corrected chi connectivity index (χ1v) is 6.78. The molecule has 88 valence electrons. The summed E-state index contributed by atoms with van der Waals surface area (Å²) in [6, 6.07) is 0. The molecule has 0 aliphatic heterocycles. The molecule has 3 nitrogen and oxygen atoms in total. The molecule has 0 radical (unpaired) electrons. The fourth-order valence-corrected chi connectivity index (χ4v) is 2.98. The van der Waals surface area contributed by atoms with Crippen LogP contribution in [0.5, 0.6) is 0 Å². The van der Waals surface area contributed by atoms with Gasteiger partial charge in [0.25, 0.3) is 0 Å². The first-order chi connectivity index (χ1) is 7.79. The molecule has 0 atom stereocenters. The van der Waals surface area contributed by atoms with Crippen molar-refractivity contribution in [1.29, 1.82) is 0 Å². The van der Waals surface area contributed by atoms with Gasteiger partial charge in [0.05, 0.1) is 11.4 Å². The normalized spacial score (nSPS) is 25.6. The number of nitrogens with two attached hydrogens (primary N) is 1. The molecule has 1 aromatic heterocycles. The van der Waals surface area contributed by atoms with Gasteiger partial charge in [-0.25, -0.2) is 4.98 Å². The van der Waals surface area contributed by atoms with Crippen molar-refractivity contribution < 1.29 is 4.79 Å². The summed E-state index contributed by atoms with van der Waals surface area (Å²) >= 11 is 1.57. The second kappa shape index (κ2) is 5.55. The van der Waals surface area contributed by atoms with Gasteiger partial charge in [-0.15, -0.1) is 11.3 Å². The van der Waals surface area contributed by atoms with Crippen molar-refractivity contribution in [3.8, 4) is 0 Å². The fourth-order valence-electron chi connectivity index (χ4n) is 2.35. The van der Waals surface area contributed by atoms with Crippen molar-refractivity contribution >= 4 is 17.1 Å². The molecule has 1 aliphatic carbocycles. The average Bonchev–Trinajstić information content (AvgIpc) is 2.82. The molecule has 0 aromatic carbocycles. The van der Waals surface area contributed by atoms with Crippen molar-refractivity contribution in [2.24, 2.45) is 17.6 Å². The topological polar surface area (TPSA) is 56.0 Å². The summed E-state index contributed by atoms with van der Waals surface area (Å²) < 4.78 is 0. The summed E-state index contributed by atoms with van der Waals surface area (Å²) in [5.74, 6) is 1.26. The molecule has 0 spiro atoms. The number of aromatic nitrogens is 1. The number of rotatable bonds is 4. The van der Waals surface area contributed by atoms with Crippen LogP contribution in [-0.4, -0.2) is 17.3 Å². The SMILES string of the molecule is NCC1CCC(C(=O)Cc2nccs2)CC1. The second-order valence-electron chi connectivity index (χ2n) is 4.52. The first kappa shape index (κ1) is 11.7.